The Labute approximate surface area is 135 Å². The highest BCUT2D eigenvalue weighted by Gasteiger charge is 2.47. The van der Waals surface area contributed by atoms with Crippen LogP contribution in [0.4, 0.5) is 0 Å². The lowest BCUT2D eigenvalue weighted by Gasteiger charge is -2.48. The molecule has 2 aliphatic rings. The third-order valence-electron chi connectivity index (χ3n) is 4.85. The zero-order valence-electron chi connectivity index (χ0n) is 13.3. The Morgan fingerprint density at radius 3 is 2.73 bits per heavy atom. The second-order valence-electron chi connectivity index (χ2n) is 6.99. The molecule has 0 aromatic carbocycles. The molecule has 118 valence electrons. The topological polar surface area (TPSA) is 37.2 Å². The van der Waals surface area contributed by atoms with E-state index < -0.39 is 0 Å². The summed E-state index contributed by atoms with van der Waals surface area (Å²) in [6.07, 6.45) is 5.44. The molecule has 0 saturated carbocycles. The van der Waals surface area contributed by atoms with E-state index >= 15 is 0 Å². The first-order valence-electron chi connectivity index (χ1n) is 7.94. The fourth-order valence-electron chi connectivity index (χ4n) is 3.96. The Kier molecular flexibility index (Phi) is 3.55. The highest BCUT2D eigenvalue weighted by Crippen LogP contribution is 2.40. The van der Waals surface area contributed by atoms with Gasteiger partial charge in [-0.15, -0.1) is 11.3 Å². The number of likely N-dealkylation sites (tertiary alicyclic amines) is 2. The van der Waals surface area contributed by atoms with E-state index in [1.165, 1.54) is 48.9 Å². The fourth-order valence-corrected chi connectivity index (χ4v) is 4.56. The molecule has 22 heavy (non-hydrogen) atoms. The van der Waals surface area contributed by atoms with Crippen LogP contribution in [0.25, 0.3) is 0 Å². The van der Waals surface area contributed by atoms with Crippen LogP contribution in [-0.4, -0.2) is 50.7 Å². The average Bonchev–Trinajstić information content (AvgIpc) is 3.12. The summed E-state index contributed by atoms with van der Waals surface area (Å²) in [6.45, 7) is 9.06. The average molecular weight is 317 g/mol. The van der Waals surface area contributed by atoms with Crippen molar-refractivity contribution in [3.8, 4) is 0 Å². The van der Waals surface area contributed by atoms with Crippen LogP contribution in [0.5, 0.6) is 0 Å². The Morgan fingerprint density at radius 1 is 1.23 bits per heavy atom. The summed E-state index contributed by atoms with van der Waals surface area (Å²) < 4.78 is 1.89. The van der Waals surface area contributed by atoms with Gasteiger partial charge in [-0.25, -0.2) is 4.98 Å². The normalized spacial score (nSPS) is 21.5. The Balaban J connectivity index is 1.28. The molecule has 5 nitrogen and oxygen atoms in total. The van der Waals surface area contributed by atoms with E-state index in [9.17, 15) is 0 Å². The van der Waals surface area contributed by atoms with Crippen molar-refractivity contribution >= 4 is 11.3 Å². The molecule has 2 saturated heterocycles. The summed E-state index contributed by atoms with van der Waals surface area (Å²) in [5.74, 6) is 0. The number of hydrogen-bond acceptors (Lipinski definition) is 5. The molecule has 4 rings (SSSR count). The van der Waals surface area contributed by atoms with Gasteiger partial charge in [0, 0.05) is 62.3 Å². The van der Waals surface area contributed by atoms with Crippen molar-refractivity contribution in [3.63, 3.8) is 0 Å². The van der Waals surface area contributed by atoms with E-state index in [2.05, 4.69) is 38.4 Å². The predicted octanol–water partition coefficient (Wildman–Crippen LogP) is 1.89. The van der Waals surface area contributed by atoms with Crippen LogP contribution in [0.2, 0.25) is 0 Å². The molecule has 0 aliphatic carbocycles. The molecule has 0 N–H and O–H groups in total. The van der Waals surface area contributed by atoms with Crippen LogP contribution >= 0.6 is 11.3 Å². The van der Waals surface area contributed by atoms with Crippen LogP contribution < -0.4 is 0 Å². The third kappa shape index (κ3) is 2.83. The SMILES string of the molecule is Cc1nc(CN2CCC3(C2)CN(Cc2cnn(C)c2)C3)cs1. The summed E-state index contributed by atoms with van der Waals surface area (Å²) in [7, 11) is 1.98. The lowest BCUT2D eigenvalue weighted by molar-refractivity contribution is 0.00153. The number of rotatable bonds is 4. The van der Waals surface area contributed by atoms with E-state index in [0.29, 0.717) is 5.41 Å². The van der Waals surface area contributed by atoms with Gasteiger partial charge >= 0.3 is 0 Å². The first-order valence-corrected chi connectivity index (χ1v) is 8.82. The van der Waals surface area contributed by atoms with Gasteiger partial charge in [0.05, 0.1) is 16.9 Å². The van der Waals surface area contributed by atoms with E-state index in [1.807, 2.05) is 17.9 Å². The molecule has 0 bridgehead atoms. The van der Waals surface area contributed by atoms with Crippen molar-refractivity contribution in [2.24, 2.45) is 12.5 Å². The van der Waals surface area contributed by atoms with Crippen molar-refractivity contribution in [2.75, 3.05) is 26.2 Å². The van der Waals surface area contributed by atoms with Gasteiger partial charge in [0.15, 0.2) is 0 Å². The number of aryl methyl sites for hydroxylation is 2. The van der Waals surface area contributed by atoms with E-state index in [4.69, 9.17) is 0 Å². The summed E-state index contributed by atoms with van der Waals surface area (Å²) in [5, 5.41) is 7.63. The van der Waals surface area contributed by atoms with Gasteiger partial charge in [-0.1, -0.05) is 0 Å². The van der Waals surface area contributed by atoms with Crippen LogP contribution in [0, 0.1) is 12.3 Å². The maximum absolute atomic E-state index is 4.60. The lowest BCUT2D eigenvalue weighted by atomic mass is 9.79. The minimum Gasteiger partial charge on any atom is -0.298 e. The molecular weight excluding hydrogens is 294 g/mol. The molecule has 2 fully saturated rings. The van der Waals surface area contributed by atoms with Crippen LogP contribution in [-0.2, 0) is 20.1 Å². The molecule has 2 aliphatic heterocycles. The Hall–Kier alpha value is -1.24. The molecule has 0 atom stereocenters. The largest absolute Gasteiger partial charge is 0.298 e. The Bertz CT molecular complexity index is 655. The number of aromatic nitrogens is 3. The highest BCUT2D eigenvalue weighted by molar-refractivity contribution is 7.09. The lowest BCUT2D eigenvalue weighted by Crippen LogP contribution is -2.56. The van der Waals surface area contributed by atoms with E-state index in [0.717, 1.165) is 13.1 Å². The van der Waals surface area contributed by atoms with Gasteiger partial charge in [0.2, 0.25) is 0 Å². The second-order valence-corrected chi connectivity index (χ2v) is 8.05. The highest BCUT2D eigenvalue weighted by atomic mass is 32.1. The first-order chi connectivity index (χ1) is 10.6. The van der Waals surface area contributed by atoms with E-state index in [1.54, 1.807) is 11.3 Å². The monoisotopic (exact) mass is 317 g/mol. The van der Waals surface area contributed by atoms with Crippen molar-refractivity contribution in [3.05, 3.63) is 34.0 Å². The third-order valence-corrected chi connectivity index (χ3v) is 5.67. The predicted molar refractivity (Wildman–Crippen MR) is 87.7 cm³/mol. The standard InChI is InChI=1S/C16H23N5S/c1-13-18-15(9-22-13)8-20-4-3-16(10-20)11-21(12-16)7-14-5-17-19(2)6-14/h5-6,9H,3-4,7-8,10-12H2,1-2H3. The zero-order valence-corrected chi connectivity index (χ0v) is 14.1. The van der Waals surface area contributed by atoms with Crippen LogP contribution in [0.15, 0.2) is 17.8 Å². The zero-order chi connectivity index (χ0) is 15.2. The molecule has 4 heterocycles. The maximum atomic E-state index is 4.60. The first kappa shape index (κ1) is 14.4. The molecule has 0 amide bonds. The van der Waals surface area contributed by atoms with Crippen LogP contribution in [0.3, 0.4) is 0 Å². The van der Waals surface area contributed by atoms with Gasteiger partial charge in [-0.3, -0.25) is 14.5 Å². The van der Waals surface area contributed by atoms with Gasteiger partial charge < -0.3 is 0 Å². The van der Waals surface area contributed by atoms with Crippen molar-refractivity contribution in [2.45, 2.75) is 26.4 Å². The smallest absolute Gasteiger partial charge is 0.0897 e. The molecule has 2 aromatic heterocycles. The summed E-state index contributed by atoms with van der Waals surface area (Å²) >= 11 is 1.76. The van der Waals surface area contributed by atoms with Crippen LogP contribution in [0.1, 0.15) is 22.7 Å². The Morgan fingerprint density at radius 2 is 2.05 bits per heavy atom. The van der Waals surface area contributed by atoms with Gasteiger partial charge in [0.1, 0.15) is 0 Å². The molecule has 1 spiro atoms. The minimum absolute atomic E-state index is 0.535. The maximum Gasteiger partial charge on any atom is 0.0897 e. The van der Waals surface area contributed by atoms with Gasteiger partial charge in [-0.05, 0) is 19.9 Å². The molecule has 6 heteroatoms. The van der Waals surface area contributed by atoms with Crippen molar-refractivity contribution < 1.29 is 0 Å². The molecule has 2 aromatic rings. The quantitative estimate of drug-likeness (QED) is 0.863. The number of hydrogen-bond donors (Lipinski definition) is 0. The second kappa shape index (κ2) is 5.44. The fraction of sp³-hybridized carbons (Fsp3) is 0.625. The van der Waals surface area contributed by atoms with Crippen molar-refractivity contribution in [1.82, 2.24) is 24.6 Å². The summed E-state index contributed by atoms with van der Waals surface area (Å²) in [4.78, 5) is 9.72. The molecule has 0 radical (unpaired) electrons. The minimum atomic E-state index is 0.535. The van der Waals surface area contributed by atoms with Crippen molar-refractivity contribution in [1.29, 1.82) is 0 Å². The number of thiazole rings is 1. The van der Waals surface area contributed by atoms with E-state index in [-0.39, 0.29) is 0 Å². The molecule has 0 unspecified atom stereocenters. The summed E-state index contributed by atoms with van der Waals surface area (Å²) in [5.41, 5.74) is 3.10. The summed E-state index contributed by atoms with van der Waals surface area (Å²) in [6, 6.07) is 0. The van der Waals surface area contributed by atoms with Gasteiger partial charge in [-0.2, -0.15) is 5.10 Å². The molecular formula is C16H23N5S. The van der Waals surface area contributed by atoms with Gasteiger partial charge in [0.25, 0.3) is 0 Å². The number of nitrogens with zero attached hydrogens (tertiary/aromatic N) is 5.